The summed E-state index contributed by atoms with van der Waals surface area (Å²) in [7, 11) is 0. The van der Waals surface area contributed by atoms with Gasteiger partial charge in [-0.05, 0) is 50.1 Å². The normalized spacial score (nSPS) is 12.1. The van der Waals surface area contributed by atoms with Crippen molar-refractivity contribution in [2.24, 2.45) is 5.10 Å². The molecule has 0 radical (unpaired) electrons. The summed E-state index contributed by atoms with van der Waals surface area (Å²) in [6.45, 7) is 5.67. The molecule has 27 heavy (non-hydrogen) atoms. The monoisotopic (exact) mass is 362 g/mol. The van der Waals surface area contributed by atoms with Gasteiger partial charge in [-0.25, -0.2) is 10.1 Å². The molecule has 3 rings (SSSR count). The van der Waals surface area contributed by atoms with Gasteiger partial charge >= 0.3 is 0 Å². The van der Waals surface area contributed by atoms with Crippen molar-refractivity contribution in [2.45, 2.75) is 26.9 Å². The summed E-state index contributed by atoms with van der Waals surface area (Å²) in [4.78, 5) is 12.2. The van der Waals surface area contributed by atoms with E-state index in [9.17, 15) is 4.79 Å². The predicted octanol–water partition coefficient (Wildman–Crippen LogP) is 3.41. The zero-order chi connectivity index (χ0) is 19.2. The SMILES string of the molecule is Cc1cccc(O[C@@H](C)C(=O)N/N=C\c2cnn(-c3ccccc3)c2)c1C. The lowest BCUT2D eigenvalue weighted by Gasteiger charge is -2.15. The molecule has 0 fully saturated rings. The number of aryl methyl sites for hydroxylation is 1. The Balaban J connectivity index is 1.57. The molecule has 138 valence electrons. The zero-order valence-electron chi connectivity index (χ0n) is 15.6. The molecule has 1 aromatic heterocycles. The number of hydrogen-bond donors (Lipinski definition) is 1. The fourth-order valence-electron chi connectivity index (χ4n) is 2.48. The Morgan fingerprint density at radius 1 is 1.19 bits per heavy atom. The number of nitrogens with one attached hydrogen (secondary N) is 1. The van der Waals surface area contributed by atoms with Crippen LogP contribution in [0.1, 0.15) is 23.6 Å². The van der Waals surface area contributed by atoms with Gasteiger partial charge in [0.05, 0.1) is 18.1 Å². The van der Waals surface area contributed by atoms with Gasteiger partial charge in [0.2, 0.25) is 0 Å². The third kappa shape index (κ3) is 4.61. The molecular formula is C21H22N4O2. The molecule has 0 unspecified atom stereocenters. The van der Waals surface area contributed by atoms with Gasteiger partial charge in [-0.15, -0.1) is 0 Å². The molecule has 0 bridgehead atoms. The lowest BCUT2D eigenvalue weighted by molar-refractivity contribution is -0.127. The minimum absolute atomic E-state index is 0.317. The van der Waals surface area contributed by atoms with Crippen molar-refractivity contribution in [2.75, 3.05) is 0 Å². The molecule has 0 saturated carbocycles. The van der Waals surface area contributed by atoms with Gasteiger partial charge < -0.3 is 4.74 Å². The third-order valence-corrected chi connectivity index (χ3v) is 4.24. The van der Waals surface area contributed by atoms with E-state index in [0.717, 1.165) is 22.4 Å². The summed E-state index contributed by atoms with van der Waals surface area (Å²) in [5, 5.41) is 8.27. The van der Waals surface area contributed by atoms with E-state index in [1.807, 2.05) is 68.6 Å². The van der Waals surface area contributed by atoms with Crippen LogP contribution in [0.2, 0.25) is 0 Å². The van der Waals surface area contributed by atoms with E-state index in [0.29, 0.717) is 5.75 Å². The van der Waals surface area contributed by atoms with E-state index in [1.54, 1.807) is 24.0 Å². The van der Waals surface area contributed by atoms with Crippen LogP contribution in [0.3, 0.4) is 0 Å². The first-order chi connectivity index (χ1) is 13.0. The fourth-order valence-corrected chi connectivity index (χ4v) is 2.48. The Bertz CT molecular complexity index is 948. The van der Waals surface area contributed by atoms with Crippen molar-refractivity contribution in [1.29, 1.82) is 0 Å². The van der Waals surface area contributed by atoms with Crippen LogP contribution in [0.4, 0.5) is 0 Å². The van der Waals surface area contributed by atoms with Crippen LogP contribution in [0.25, 0.3) is 5.69 Å². The number of aromatic nitrogens is 2. The number of amides is 1. The van der Waals surface area contributed by atoms with E-state index in [2.05, 4.69) is 15.6 Å². The highest BCUT2D eigenvalue weighted by Gasteiger charge is 2.15. The minimum Gasteiger partial charge on any atom is -0.481 e. The molecule has 0 aliphatic heterocycles. The molecule has 1 amide bonds. The van der Waals surface area contributed by atoms with Gasteiger partial charge in [-0.1, -0.05) is 30.3 Å². The number of carbonyl (C=O) groups excluding carboxylic acids is 1. The quantitative estimate of drug-likeness (QED) is 0.540. The molecule has 0 saturated heterocycles. The number of hydrogen-bond acceptors (Lipinski definition) is 4. The van der Waals surface area contributed by atoms with Gasteiger partial charge in [-0.3, -0.25) is 4.79 Å². The van der Waals surface area contributed by atoms with E-state index in [-0.39, 0.29) is 5.91 Å². The smallest absolute Gasteiger partial charge is 0.280 e. The highest BCUT2D eigenvalue weighted by molar-refractivity contribution is 5.84. The van der Waals surface area contributed by atoms with Crippen molar-refractivity contribution >= 4 is 12.1 Å². The number of carbonyl (C=O) groups is 1. The van der Waals surface area contributed by atoms with Gasteiger partial charge in [0, 0.05) is 11.8 Å². The van der Waals surface area contributed by atoms with Crippen LogP contribution in [-0.4, -0.2) is 28.0 Å². The molecule has 0 spiro atoms. The average molecular weight is 362 g/mol. The Morgan fingerprint density at radius 3 is 2.74 bits per heavy atom. The lowest BCUT2D eigenvalue weighted by Crippen LogP contribution is -2.33. The molecule has 6 heteroatoms. The van der Waals surface area contributed by atoms with Crippen LogP contribution in [0, 0.1) is 13.8 Å². The maximum Gasteiger partial charge on any atom is 0.280 e. The van der Waals surface area contributed by atoms with Crippen LogP contribution in [0.5, 0.6) is 5.75 Å². The summed E-state index contributed by atoms with van der Waals surface area (Å²) >= 11 is 0. The zero-order valence-corrected chi connectivity index (χ0v) is 15.6. The largest absolute Gasteiger partial charge is 0.481 e. The molecule has 3 aromatic rings. The van der Waals surface area contributed by atoms with Crippen molar-refractivity contribution in [3.8, 4) is 11.4 Å². The summed E-state index contributed by atoms with van der Waals surface area (Å²) in [6, 6.07) is 15.5. The van der Waals surface area contributed by atoms with Gasteiger partial charge in [0.15, 0.2) is 6.10 Å². The third-order valence-electron chi connectivity index (χ3n) is 4.24. The Morgan fingerprint density at radius 2 is 1.96 bits per heavy atom. The second-order valence-corrected chi connectivity index (χ2v) is 6.25. The van der Waals surface area contributed by atoms with Crippen molar-refractivity contribution < 1.29 is 9.53 Å². The number of rotatable bonds is 6. The second kappa shape index (κ2) is 8.31. The van der Waals surface area contributed by atoms with E-state index in [1.165, 1.54) is 0 Å². The van der Waals surface area contributed by atoms with Crippen LogP contribution in [-0.2, 0) is 4.79 Å². The minimum atomic E-state index is -0.658. The first kappa shape index (κ1) is 18.4. The standard InChI is InChI=1S/C21H22N4O2/c1-15-8-7-11-20(16(15)2)27-17(3)21(26)24-22-12-18-13-23-25(14-18)19-9-5-4-6-10-19/h4-14,17H,1-3H3,(H,24,26)/b22-12-/t17-/m0/s1. The predicted molar refractivity (Wildman–Crippen MR) is 105 cm³/mol. The fraction of sp³-hybridized carbons (Fsp3) is 0.190. The summed E-state index contributed by atoms with van der Waals surface area (Å²) in [6.07, 6.45) is 4.41. The summed E-state index contributed by atoms with van der Waals surface area (Å²) in [5.41, 5.74) is 6.38. The summed E-state index contributed by atoms with van der Waals surface area (Å²) < 4.78 is 7.50. The molecular weight excluding hydrogens is 340 g/mol. The highest BCUT2D eigenvalue weighted by atomic mass is 16.5. The Labute approximate surface area is 158 Å². The van der Waals surface area contributed by atoms with Crippen molar-refractivity contribution in [3.63, 3.8) is 0 Å². The molecule has 0 aliphatic rings. The maximum atomic E-state index is 12.2. The topological polar surface area (TPSA) is 68.5 Å². The molecule has 0 aliphatic carbocycles. The molecule has 2 aromatic carbocycles. The number of nitrogens with zero attached hydrogens (tertiary/aromatic N) is 3. The van der Waals surface area contributed by atoms with E-state index in [4.69, 9.17) is 4.74 Å². The van der Waals surface area contributed by atoms with Crippen LogP contribution < -0.4 is 10.2 Å². The van der Waals surface area contributed by atoms with Crippen LogP contribution in [0.15, 0.2) is 66.0 Å². The first-order valence-electron chi connectivity index (χ1n) is 8.70. The molecule has 1 N–H and O–H groups in total. The Hall–Kier alpha value is -3.41. The van der Waals surface area contributed by atoms with Gasteiger partial charge in [0.1, 0.15) is 5.75 Å². The highest BCUT2D eigenvalue weighted by Crippen LogP contribution is 2.21. The van der Waals surface area contributed by atoms with Crippen molar-refractivity contribution in [3.05, 3.63) is 77.6 Å². The first-order valence-corrected chi connectivity index (χ1v) is 8.70. The van der Waals surface area contributed by atoms with E-state index < -0.39 is 6.10 Å². The molecule has 1 heterocycles. The van der Waals surface area contributed by atoms with E-state index >= 15 is 0 Å². The summed E-state index contributed by atoms with van der Waals surface area (Å²) in [5.74, 6) is 0.383. The van der Waals surface area contributed by atoms with Crippen LogP contribution >= 0.6 is 0 Å². The number of para-hydroxylation sites is 1. The Kier molecular flexibility index (Phi) is 5.66. The number of hydrazone groups is 1. The lowest BCUT2D eigenvalue weighted by atomic mass is 10.1. The second-order valence-electron chi connectivity index (χ2n) is 6.25. The molecule has 6 nitrogen and oxygen atoms in total. The van der Waals surface area contributed by atoms with Gasteiger partial charge in [0.25, 0.3) is 5.91 Å². The number of benzene rings is 2. The average Bonchev–Trinajstić information content (AvgIpc) is 3.15. The number of ether oxygens (including phenoxy) is 1. The van der Waals surface area contributed by atoms with Gasteiger partial charge in [-0.2, -0.15) is 10.2 Å². The van der Waals surface area contributed by atoms with Crippen molar-refractivity contribution in [1.82, 2.24) is 15.2 Å². The maximum absolute atomic E-state index is 12.2. The molecule has 1 atom stereocenters.